The molecule has 1 aromatic rings. The highest BCUT2D eigenvalue weighted by Gasteiger charge is 2.00. The van der Waals surface area contributed by atoms with E-state index in [2.05, 4.69) is 4.74 Å². The summed E-state index contributed by atoms with van der Waals surface area (Å²) >= 11 is 0. The van der Waals surface area contributed by atoms with Crippen molar-refractivity contribution < 1.29 is 9.53 Å². The molecular formula is C11H14N2O2. The Labute approximate surface area is 88.5 Å². The van der Waals surface area contributed by atoms with E-state index in [1.54, 1.807) is 18.2 Å². The SMILES string of the molecule is COC(=O)/C=C/c1cc(N)c(N)cc1C. The van der Waals surface area contributed by atoms with Crippen LogP contribution in [-0.2, 0) is 9.53 Å². The molecule has 0 radical (unpaired) electrons. The van der Waals surface area contributed by atoms with E-state index >= 15 is 0 Å². The number of aryl methyl sites for hydroxylation is 1. The summed E-state index contributed by atoms with van der Waals surface area (Å²) in [4.78, 5) is 10.9. The van der Waals surface area contributed by atoms with Crippen molar-refractivity contribution in [1.82, 2.24) is 0 Å². The first-order chi connectivity index (χ1) is 7.04. The van der Waals surface area contributed by atoms with E-state index in [9.17, 15) is 4.79 Å². The predicted molar refractivity (Wildman–Crippen MR) is 61.1 cm³/mol. The van der Waals surface area contributed by atoms with E-state index in [1.165, 1.54) is 13.2 Å². The Morgan fingerprint density at radius 3 is 2.53 bits per heavy atom. The van der Waals surface area contributed by atoms with Gasteiger partial charge in [-0.15, -0.1) is 0 Å². The van der Waals surface area contributed by atoms with Crippen molar-refractivity contribution >= 4 is 23.4 Å². The monoisotopic (exact) mass is 206 g/mol. The number of benzene rings is 1. The Morgan fingerprint density at radius 2 is 1.93 bits per heavy atom. The van der Waals surface area contributed by atoms with Gasteiger partial charge < -0.3 is 16.2 Å². The number of nitrogen functional groups attached to an aromatic ring is 2. The van der Waals surface area contributed by atoms with Crippen LogP contribution in [0.1, 0.15) is 11.1 Å². The van der Waals surface area contributed by atoms with Gasteiger partial charge in [0.1, 0.15) is 0 Å². The zero-order chi connectivity index (χ0) is 11.4. The number of carbonyl (C=O) groups excluding carboxylic acids is 1. The van der Waals surface area contributed by atoms with Gasteiger partial charge in [-0.1, -0.05) is 0 Å². The zero-order valence-corrected chi connectivity index (χ0v) is 8.78. The van der Waals surface area contributed by atoms with E-state index in [-0.39, 0.29) is 0 Å². The Bertz CT molecular complexity index is 411. The van der Waals surface area contributed by atoms with Crippen LogP contribution in [-0.4, -0.2) is 13.1 Å². The summed E-state index contributed by atoms with van der Waals surface area (Å²) in [6.45, 7) is 1.90. The molecule has 0 amide bonds. The topological polar surface area (TPSA) is 78.3 Å². The molecule has 0 heterocycles. The Morgan fingerprint density at radius 1 is 1.33 bits per heavy atom. The van der Waals surface area contributed by atoms with Gasteiger partial charge in [-0.2, -0.15) is 0 Å². The fraction of sp³-hybridized carbons (Fsp3) is 0.182. The second-order valence-corrected chi connectivity index (χ2v) is 3.19. The third kappa shape index (κ3) is 2.74. The zero-order valence-electron chi connectivity index (χ0n) is 8.78. The average molecular weight is 206 g/mol. The summed E-state index contributed by atoms with van der Waals surface area (Å²) in [5, 5.41) is 0. The van der Waals surface area contributed by atoms with Crippen LogP contribution >= 0.6 is 0 Å². The van der Waals surface area contributed by atoms with Gasteiger partial charge in [-0.25, -0.2) is 4.79 Å². The van der Waals surface area contributed by atoms with Crippen LogP contribution < -0.4 is 11.5 Å². The number of rotatable bonds is 2. The highest BCUT2D eigenvalue weighted by Crippen LogP contribution is 2.21. The standard InChI is InChI=1S/C11H14N2O2/c1-7-5-9(12)10(13)6-8(7)3-4-11(14)15-2/h3-6H,12-13H2,1-2H3/b4-3+. The van der Waals surface area contributed by atoms with E-state index < -0.39 is 5.97 Å². The molecule has 0 fully saturated rings. The van der Waals surface area contributed by atoms with Crippen LogP contribution in [0.4, 0.5) is 11.4 Å². The molecule has 80 valence electrons. The van der Waals surface area contributed by atoms with Gasteiger partial charge in [0.05, 0.1) is 18.5 Å². The van der Waals surface area contributed by atoms with Gasteiger partial charge in [-0.05, 0) is 36.3 Å². The molecule has 0 spiro atoms. The van der Waals surface area contributed by atoms with Crippen LogP contribution in [0.25, 0.3) is 6.08 Å². The lowest BCUT2D eigenvalue weighted by Gasteiger charge is -2.05. The molecule has 0 aliphatic carbocycles. The van der Waals surface area contributed by atoms with Gasteiger partial charge in [-0.3, -0.25) is 0 Å². The molecule has 0 saturated carbocycles. The Kier molecular flexibility index (Phi) is 3.33. The van der Waals surface area contributed by atoms with Crippen molar-refractivity contribution in [3.8, 4) is 0 Å². The molecule has 15 heavy (non-hydrogen) atoms. The fourth-order valence-corrected chi connectivity index (χ4v) is 1.17. The quantitative estimate of drug-likeness (QED) is 0.435. The van der Waals surface area contributed by atoms with Crippen LogP contribution in [0.2, 0.25) is 0 Å². The van der Waals surface area contributed by atoms with Crippen molar-refractivity contribution in [3.63, 3.8) is 0 Å². The van der Waals surface area contributed by atoms with Crippen molar-refractivity contribution in [2.45, 2.75) is 6.92 Å². The fourth-order valence-electron chi connectivity index (χ4n) is 1.17. The Balaban J connectivity index is 3.00. The maximum atomic E-state index is 10.9. The van der Waals surface area contributed by atoms with Crippen LogP contribution in [0.3, 0.4) is 0 Å². The lowest BCUT2D eigenvalue weighted by molar-refractivity contribution is -0.134. The second kappa shape index (κ2) is 4.50. The number of carbonyl (C=O) groups is 1. The third-order valence-electron chi connectivity index (χ3n) is 2.07. The van der Waals surface area contributed by atoms with E-state index in [0.29, 0.717) is 11.4 Å². The molecule has 0 atom stereocenters. The molecular weight excluding hydrogens is 192 g/mol. The molecule has 4 nitrogen and oxygen atoms in total. The summed E-state index contributed by atoms with van der Waals surface area (Å²) in [6, 6.07) is 3.50. The number of esters is 1. The van der Waals surface area contributed by atoms with Gasteiger partial charge in [0.25, 0.3) is 0 Å². The molecule has 0 bridgehead atoms. The molecule has 4 heteroatoms. The van der Waals surface area contributed by atoms with E-state index in [1.807, 2.05) is 6.92 Å². The van der Waals surface area contributed by atoms with Gasteiger partial charge in [0, 0.05) is 6.08 Å². The van der Waals surface area contributed by atoms with Gasteiger partial charge in [0.2, 0.25) is 0 Å². The Hall–Kier alpha value is -1.97. The largest absolute Gasteiger partial charge is 0.466 e. The van der Waals surface area contributed by atoms with E-state index in [0.717, 1.165) is 11.1 Å². The molecule has 0 saturated heterocycles. The lowest BCUT2D eigenvalue weighted by Crippen LogP contribution is -1.97. The smallest absolute Gasteiger partial charge is 0.330 e. The maximum absolute atomic E-state index is 10.9. The highest BCUT2D eigenvalue weighted by atomic mass is 16.5. The van der Waals surface area contributed by atoms with Crippen molar-refractivity contribution in [3.05, 3.63) is 29.3 Å². The number of methoxy groups -OCH3 is 1. The number of ether oxygens (including phenoxy) is 1. The van der Waals surface area contributed by atoms with Crippen molar-refractivity contribution in [2.75, 3.05) is 18.6 Å². The summed E-state index contributed by atoms with van der Waals surface area (Å²) in [5.74, 6) is -0.398. The lowest BCUT2D eigenvalue weighted by atomic mass is 10.1. The molecule has 0 unspecified atom stereocenters. The first-order valence-electron chi connectivity index (χ1n) is 4.46. The predicted octanol–water partition coefficient (Wildman–Crippen LogP) is 1.35. The molecule has 1 rings (SSSR count). The highest BCUT2D eigenvalue weighted by molar-refractivity contribution is 5.87. The molecule has 1 aromatic carbocycles. The first-order valence-corrected chi connectivity index (χ1v) is 4.46. The maximum Gasteiger partial charge on any atom is 0.330 e. The molecule has 0 aliphatic heterocycles. The first kappa shape index (κ1) is 11.1. The molecule has 4 N–H and O–H groups in total. The minimum atomic E-state index is -0.398. The van der Waals surface area contributed by atoms with Crippen molar-refractivity contribution in [1.29, 1.82) is 0 Å². The third-order valence-corrected chi connectivity index (χ3v) is 2.07. The summed E-state index contributed by atoms with van der Waals surface area (Å²) in [6.07, 6.45) is 2.99. The normalized spacial score (nSPS) is 10.5. The van der Waals surface area contributed by atoms with E-state index in [4.69, 9.17) is 11.5 Å². The van der Waals surface area contributed by atoms with Crippen LogP contribution in [0.5, 0.6) is 0 Å². The summed E-state index contributed by atoms with van der Waals surface area (Å²) < 4.78 is 4.48. The van der Waals surface area contributed by atoms with Crippen LogP contribution in [0, 0.1) is 6.92 Å². The number of hydrogen-bond acceptors (Lipinski definition) is 4. The number of nitrogens with two attached hydrogens (primary N) is 2. The molecule has 0 aromatic heterocycles. The number of anilines is 2. The summed E-state index contributed by atoms with van der Waals surface area (Å²) in [7, 11) is 1.33. The van der Waals surface area contributed by atoms with Crippen molar-refractivity contribution in [2.24, 2.45) is 0 Å². The second-order valence-electron chi connectivity index (χ2n) is 3.19. The minimum Gasteiger partial charge on any atom is -0.466 e. The average Bonchev–Trinajstić information content (AvgIpc) is 2.21. The summed E-state index contributed by atoms with van der Waals surface area (Å²) in [5.41, 5.74) is 14.1. The molecule has 0 aliphatic rings. The number of hydrogen-bond donors (Lipinski definition) is 2. The van der Waals surface area contributed by atoms with Gasteiger partial charge in [0.15, 0.2) is 0 Å². The van der Waals surface area contributed by atoms with Crippen LogP contribution in [0.15, 0.2) is 18.2 Å². The minimum absolute atomic E-state index is 0.398. The van der Waals surface area contributed by atoms with Gasteiger partial charge >= 0.3 is 5.97 Å².